The Balaban J connectivity index is 2.00. The number of methoxy groups -OCH3 is 1. The van der Waals surface area contributed by atoms with Crippen LogP contribution in [0.2, 0.25) is 0 Å². The van der Waals surface area contributed by atoms with Crippen molar-refractivity contribution in [3.05, 3.63) is 35.4 Å². The van der Waals surface area contributed by atoms with Crippen LogP contribution in [-0.2, 0) is 20.7 Å². The smallest absolute Gasteiger partial charge is 0.248 e. The Morgan fingerprint density at radius 3 is 2.91 bits per heavy atom. The van der Waals surface area contributed by atoms with Crippen molar-refractivity contribution in [3.8, 4) is 0 Å². The summed E-state index contributed by atoms with van der Waals surface area (Å²) in [6.45, 7) is 6.28. The second kappa shape index (κ2) is 8.30. The monoisotopic (exact) mass is 305 g/mol. The fourth-order valence-corrected chi connectivity index (χ4v) is 3.17. The van der Waals surface area contributed by atoms with Gasteiger partial charge < -0.3 is 14.4 Å². The van der Waals surface area contributed by atoms with Crippen molar-refractivity contribution in [2.45, 2.75) is 32.8 Å². The first-order valence-electron chi connectivity index (χ1n) is 8.08. The summed E-state index contributed by atoms with van der Waals surface area (Å²) in [6, 6.07) is 8.57. The molecule has 0 bridgehead atoms. The summed E-state index contributed by atoms with van der Waals surface area (Å²) in [5.74, 6) is 0.428. The van der Waals surface area contributed by atoms with Gasteiger partial charge in [-0.25, -0.2) is 0 Å². The van der Waals surface area contributed by atoms with E-state index in [4.69, 9.17) is 9.47 Å². The Hall–Kier alpha value is -1.39. The maximum atomic E-state index is 12.2. The van der Waals surface area contributed by atoms with E-state index in [0.717, 1.165) is 25.9 Å². The van der Waals surface area contributed by atoms with Crippen LogP contribution in [0.3, 0.4) is 0 Å². The molecular weight excluding hydrogens is 278 g/mol. The molecule has 0 N–H and O–H groups in total. The average molecular weight is 305 g/mol. The predicted octanol–water partition coefficient (Wildman–Crippen LogP) is 2.44. The van der Waals surface area contributed by atoms with Gasteiger partial charge in [-0.3, -0.25) is 4.79 Å². The summed E-state index contributed by atoms with van der Waals surface area (Å²) in [6.07, 6.45) is 2.06. The summed E-state index contributed by atoms with van der Waals surface area (Å²) < 4.78 is 10.9. The molecule has 2 atom stereocenters. The highest BCUT2D eigenvalue weighted by Crippen LogP contribution is 2.24. The molecule has 1 aliphatic rings. The van der Waals surface area contributed by atoms with Gasteiger partial charge in [-0.2, -0.15) is 0 Å². The Kier molecular flexibility index (Phi) is 6.40. The van der Waals surface area contributed by atoms with Crippen LogP contribution in [0, 0.1) is 12.8 Å². The van der Waals surface area contributed by atoms with Gasteiger partial charge in [-0.15, -0.1) is 0 Å². The number of carbonyl (C=O) groups excluding carboxylic acids is 1. The van der Waals surface area contributed by atoms with E-state index < -0.39 is 0 Å². The maximum absolute atomic E-state index is 12.2. The van der Waals surface area contributed by atoms with Gasteiger partial charge >= 0.3 is 0 Å². The number of hydrogen-bond acceptors (Lipinski definition) is 3. The number of hydrogen-bond donors (Lipinski definition) is 0. The largest absolute Gasteiger partial charge is 0.381 e. The minimum absolute atomic E-state index is 0.0886. The fraction of sp³-hybridized carbons (Fsp3) is 0.611. The zero-order valence-electron chi connectivity index (χ0n) is 13.9. The molecule has 0 radical (unpaired) electrons. The Labute approximate surface area is 133 Å². The molecule has 2 rings (SSSR count). The Bertz CT molecular complexity index is 489. The van der Waals surface area contributed by atoms with Crippen LogP contribution in [0.4, 0.5) is 0 Å². The van der Waals surface area contributed by atoms with Crippen molar-refractivity contribution >= 4 is 5.91 Å². The van der Waals surface area contributed by atoms with Crippen LogP contribution in [0.1, 0.15) is 24.5 Å². The second-order valence-corrected chi connectivity index (χ2v) is 5.99. The number of rotatable bonds is 6. The molecule has 0 aliphatic carbocycles. The average Bonchev–Trinajstić information content (AvgIpc) is 2.52. The third kappa shape index (κ3) is 4.55. The van der Waals surface area contributed by atoms with Crippen molar-refractivity contribution in [3.63, 3.8) is 0 Å². The Morgan fingerprint density at radius 1 is 1.41 bits per heavy atom. The normalized spacial score (nSPS) is 21.9. The molecule has 1 heterocycles. The predicted molar refractivity (Wildman–Crippen MR) is 86.9 cm³/mol. The maximum Gasteiger partial charge on any atom is 0.248 e. The minimum atomic E-state index is 0.0886. The quantitative estimate of drug-likeness (QED) is 0.810. The van der Waals surface area contributed by atoms with Crippen molar-refractivity contribution in [2.75, 3.05) is 33.4 Å². The number of amides is 1. The first-order chi connectivity index (χ1) is 10.6. The second-order valence-electron chi connectivity index (χ2n) is 5.99. The molecule has 4 nitrogen and oxygen atoms in total. The molecule has 122 valence electrons. The molecule has 1 amide bonds. The molecule has 0 spiro atoms. The highest BCUT2D eigenvalue weighted by atomic mass is 16.5. The first-order valence-corrected chi connectivity index (χ1v) is 8.08. The van der Waals surface area contributed by atoms with Gasteiger partial charge in [0.1, 0.15) is 6.61 Å². The highest BCUT2D eigenvalue weighted by molar-refractivity contribution is 5.77. The third-order valence-electron chi connectivity index (χ3n) is 4.33. The van der Waals surface area contributed by atoms with Crippen LogP contribution in [0.25, 0.3) is 0 Å². The van der Waals surface area contributed by atoms with Crippen LogP contribution in [-0.4, -0.2) is 50.3 Å². The molecule has 1 aromatic rings. The van der Waals surface area contributed by atoms with Crippen LogP contribution >= 0.6 is 0 Å². The van der Waals surface area contributed by atoms with E-state index in [-0.39, 0.29) is 18.6 Å². The molecule has 1 aliphatic heterocycles. The fourth-order valence-electron chi connectivity index (χ4n) is 3.17. The number of aryl methyl sites for hydroxylation is 1. The topological polar surface area (TPSA) is 38.8 Å². The van der Waals surface area contributed by atoms with Gasteiger partial charge in [0.05, 0.1) is 6.10 Å². The van der Waals surface area contributed by atoms with E-state index >= 15 is 0 Å². The van der Waals surface area contributed by atoms with Gasteiger partial charge in [0.2, 0.25) is 5.91 Å². The lowest BCUT2D eigenvalue weighted by Crippen LogP contribution is -2.48. The molecule has 22 heavy (non-hydrogen) atoms. The molecule has 1 aromatic carbocycles. The zero-order chi connectivity index (χ0) is 15.9. The number of ether oxygens (including phenoxy) is 2. The number of piperidine rings is 1. The van der Waals surface area contributed by atoms with E-state index in [9.17, 15) is 4.79 Å². The van der Waals surface area contributed by atoms with Crippen molar-refractivity contribution in [1.29, 1.82) is 0 Å². The first kappa shape index (κ1) is 17.0. The summed E-state index contributed by atoms with van der Waals surface area (Å²) >= 11 is 0. The van der Waals surface area contributed by atoms with E-state index in [2.05, 4.69) is 31.2 Å². The van der Waals surface area contributed by atoms with Crippen LogP contribution in [0.15, 0.2) is 24.3 Å². The number of benzene rings is 1. The van der Waals surface area contributed by atoms with E-state index in [1.165, 1.54) is 11.1 Å². The molecular formula is C18H27NO3. The molecule has 4 heteroatoms. The standard InChI is InChI=1S/C18H27NO3/c1-4-22-13-18(20)19-9-8-17(21-3)16(12-19)11-15-7-5-6-14(2)10-15/h5-7,10,16-17H,4,8-9,11-13H2,1-3H3/t16-,17-/m0/s1. The molecule has 0 saturated carbocycles. The van der Waals surface area contributed by atoms with Crippen molar-refractivity contribution < 1.29 is 14.3 Å². The van der Waals surface area contributed by atoms with Gasteiger partial charge in [0.25, 0.3) is 0 Å². The minimum Gasteiger partial charge on any atom is -0.381 e. The van der Waals surface area contributed by atoms with Gasteiger partial charge in [0.15, 0.2) is 0 Å². The van der Waals surface area contributed by atoms with Crippen molar-refractivity contribution in [2.24, 2.45) is 5.92 Å². The zero-order valence-corrected chi connectivity index (χ0v) is 13.9. The van der Waals surface area contributed by atoms with E-state index in [1.807, 2.05) is 11.8 Å². The van der Waals surface area contributed by atoms with Gasteiger partial charge in [0, 0.05) is 32.7 Å². The van der Waals surface area contributed by atoms with E-state index in [0.29, 0.717) is 12.5 Å². The number of likely N-dealkylation sites (tertiary alicyclic amines) is 1. The SMILES string of the molecule is CCOCC(=O)N1CC[C@H](OC)[C@@H](Cc2cccc(C)c2)C1. The van der Waals surface area contributed by atoms with E-state index in [1.54, 1.807) is 7.11 Å². The number of nitrogens with zero attached hydrogens (tertiary/aromatic N) is 1. The molecule has 1 saturated heterocycles. The van der Waals surface area contributed by atoms with Crippen LogP contribution in [0.5, 0.6) is 0 Å². The third-order valence-corrected chi connectivity index (χ3v) is 4.33. The van der Waals surface area contributed by atoms with Gasteiger partial charge in [-0.05, 0) is 32.3 Å². The summed E-state index contributed by atoms with van der Waals surface area (Å²) in [4.78, 5) is 14.1. The lowest BCUT2D eigenvalue weighted by Gasteiger charge is -2.38. The Morgan fingerprint density at radius 2 is 2.23 bits per heavy atom. The highest BCUT2D eigenvalue weighted by Gasteiger charge is 2.31. The lowest BCUT2D eigenvalue weighted by molar-refractivity contribution is -0.140. The van der Waals surface area contributed by atoms with Crippen LogP contribution < -0.4 is 0 Å². The summed E-state index contributed by atoms with van der Waals surface area (Å²) in [5.41, 5.74) is 2.58. The summed E-state index contributed by atoms with van der Waals surface area (Å²) in [7, 11) is 1.77. The lowest BCUT2D eigenvalue weighted by atomic mass is 9.88. The summed E-state index contributed by atoms with van der Waals surface area (Å²) in [5, 5.41) is 0. The van der Waals surface area contributed by atoms with Gasteiger partial charge in [-0.1, -0.05) is 29.8 Å². The number of carbonyl (C=O) groups is 1. The molecule has 0 aromatic heterocycles. The molecule has 0 unspecified atom stereocenters. The molecule has 1 fully saturated rings. The van der Waals surface area contributed by atoms with Crippen molar-refractivity contribution in [1.82, 2.24) is 4.90 Å².